The minimum absolute atomic E-state index is 0.145. The lowest BCUT2D eigenvalue weighted by Crippen LogP contribution is -2.39. The molecule has 7 heteroatoms. The van der Waals surface area contributed by atoms with Gasteiger partial charge in [0.25, 0.3) is 0 Å². The Balaban J connectivity index is 2.33. The molecular weight excluding hydrogens is 645 g/mol. The summed E-state index contributed by atoms with van der Waals surface area (Å²) in [6.45, 7) is 38.1. The minimum atomic E-state index is -0.659. The smallest absolute Gasteiger partial charge is 0.0311 e. The molecule has 290 valence electrons. The molecule has 0 N–H and O–H groups in total. The second-order valence-electron chi connectivity index (χ2n) is 20.8. The number of hydroxylamine groups is 3. The fourth-order valence-corrected chi connectivity index (χ4v) is 6.03. The summed E-state index contributed by atoms with van der Waals surface area (Å²) in [7, 11) is 0. The Hall–Kier alpha value is -3.10. The number of benzene rings is 3. The van der Waals surface area contributed by atoms with Crippen molar-refractivity contribution in [3.8, 4) is 0 Å². The van der Waals surface area contributed by atoms with Gasteiger partial charge in [0.2, 0.25) is 0 Å². The van der Waals surface area contributed by atoms with Crippen molar-refractivity contribution in [2.45, 2.75) is 177 Å². The molecule has 0 aromatic heterocycles. The van der Waals surface area contributed by atoms with E-state index in [1.807, 2.05) is 80.5 Å². The van der Waals surface area contributed by atoms with Gasteiger partial charge in [0.15, 0.2) is 0 Å². The summed E-state index contributed by atoms with van der Waals surface area (Å²) in [6.07, 6.45) is 0. The van der Waals surface area contributed by atoms with E-state index >= 15 is 0 Å². The Morgan fingerprint density at radius 2 is 0.577 bits per heavy atom. The third-order valence-electron chi connectivity index (χ3n) is 9.52. The van der Waals surface area contributed by atoms with E-state index in [9.17, 15) is 15.6 Å². The van der Waals surface area contributed by atoms with E-state index in [-0.39, 0.29) is 16.2 Å². The van der Waals surface area contributed by atoms with E-state index < -0.39 is 16.6 Å². The van der Waals surface area contributed by atoms with Crippen LogP contribution in [0.5, 0.6) is 0 Å². The first-order valence-corrected chi connectivity index (χ1v) is 18.9. The van der Waals surface area contributed by atoms with Crippen molar-refractivity contribution in [2.24, 2.45) is 0 Å². The molecule has 0 saturated heterocycles. The van der Waals surface area contributed by atoms with Gasteiger partial charge >= 0.3 is 0 Å². The van der Waals surface area contributed by atoms with Gasteiger partial charge in [-0.05, 0) is 130 Å². The lowest BCUT2D eigenvalue weighted by molar-refractivity contribution is 0.247. The SMILES string of the molecule is CC(C)(C)c1ccc(CN(Cc2ccc(C(C)(C)C)cc2N([O-])C(C)(C)C)Cc2ccc(C(C)(C)C)cc2N([O-])C(C)(C)C)c(N([O-])C(C)(C)C)c1. The van der Waals surface area contributed by atoms with Gasteiger partial charge in [0.05, 0.1) is 0 Å². The van der Waals surface area contributed by atoms with Gasteiger partial charge in [-0.3, -0.25) is 4.90 Å². The summed E-state index contributed by atoms with van der Waals surface area (Å²) >= 11 is 0. The minimum Gasteiger partial charge on any atom is -0.758 e. The van der Waals surface area contributed by atoms with E-state index in [0.717, 1.165) is 48.6 Å². The number of anilines is 3. The van der Waals surface area contributed by atoms with Crippen molar-refractivity contribution in [3.05, 3.63) is 104 Å². The highest BCUT2D eigenvalue weighted by atomic mass is 16.5. The van der Waals surface area contributed by atoms with Crippen molar-refractivity contribution >= 4 is 17.1 Å². The third kappa shape index (κ3) is 10.7. The Bertz CT molecular complexity index is 1470. The average Bonchev–Trinajstić information content (AvgIpc) is 2.97. The van der Waals surface area contributed by atoms with Gasteiger partial charge in [-0.25, -0.2) is 0 Å². The Morgan fingerprint density at radius 3 is 0.750 bits per heavy atom. The zero-order valence-electron chi connectivity index (χ0n) is 35.8. The monoisotopic (exact) mass is 714 g/mol. The largest absolute Gasteiger partial charge is 0.758 e. The van der Waals surface area contributed by atoms with Gasteiger partial charge in [-0.1, -0.05) is 98.7 Å². The van der Waals surface area contributed by atoms with Gasteiger partial charge in [0, 0.05) is 53.3 Å². The zero-order chi connectivity index (χ0) is 40.0. The fraction of sp³-hybridized carbons (Fsp3) is 0.600. The van der Waals surface area contributed by atoms with Crippen LogP contribution in [-0.4, -0.2) is 21.5 Å². The fourth-order valence-electron chi connectivity index (χ4n) is 6.03. The molecule has 0 aliphatic heterocycles. The molecule has 0 atom stereocenters. The maximum absolute atomic E-state index is 14.0. The Morgan fingerprint density at radius 1 is 0.365 bits per heavy atom. The van der Waals surface area contributed by atoms with Crippen molar-refractivity contribution in [3.63, 3.8) is 0 Å². The van der Waals surface area contributed by atoms with Gasteiger partial charge in [-0.2, -0.15) is 0 Å². The van der Waals surface area contributed by atoms with Crippen LogP contribution in [0.2, 0.25) is 0 Å². The molecule has 0 unspecified atom stereocenters. The first-order valence-electron chi connectivity index (χ1n) is 18.9. The second kappa shape index (κ2) is 15.0. The number of hydrogen-bond donors (Lipinski definition) is 0. The van der Waals surface area contributed by atoms with Crippen molar-refractivity contribution in [1.29, 1.82) is 0 Å². The lowest BCUT2D eigenvalue weighted by Gasteiger charge is -2.46. The Kier molecular flexibility index (Phi) is 12.5. The van der Waals surface area contributed by atoms with Crippen molar-refractivity contribution < 1.29 is 0 Å². The van der Waals surface area contributed by atoms with Crippen LogP contribution in [-0.2, 0) is 35.9 Å². The molecule has 7 nitrogen and oxygen atoms in total. The standard InChI is InChI=1S/C45H69N4O3/c1-40(2,3)34-22-19-31(37(25-34)47(50)43(10,11)12)28-46(29-32-20-23-35(41(4,5)6)26-38(32)48(51)44(13,14)15)30-33-21-24-36(42(7,8)9)27-39(33)49(52)45(16,17)18/h19-27H,28-30H2,1-18H3/q-3. The summed E-state index contributed by atoms with van der Waals surface area (Å²) in [6, 6.07) is 18.7. The highest BCUT2D eigenvalue weighted by molar-refractivity contribution is 5.62. The molecule has 3 aromatic rings. The normalized spacial score (nSPS) is 13.5. The predicted molar refractivity (Wildman–Crippen MR) is 225 cm³/mol. The molecule has 0 saturated carbocycles. The summed E-state index contributed by atoms with van der Waals surface area (Å²) in [5, 5.41) is 45.5. The molecule has 0 radical (unpaired) electrons. The van der Waals surface area contributed by atoms with Gasteiger partial charge < -0.3 is 30.8 Å². The topological polar surface area (TPSA) is 82.1 Å². The van der Waals surface area contributed by atoms with Crippen molar-refractivity contribution in [1.82, 2.24) is 4.90 Å². The molecule has 0 amide bonds. The summed E-state index contributed by atoms with van der Waals surface area (Å²) in [4.78, 5) is 2.27. The highest BCUT2D eigenvalue weighted by Gasteiger charge is 2.26. The maximum Gasteiger partial charge on any atom is 0.0311 e. The quantitative estimate of drug-likeness (QED) is 0.204. The molecule has 52 heavy (non-hydrogen) atoms. The second-order valence-corrected chi connectivity index (χ2v) is 20.8. The summed E-state index contributed by atoms with van der Waals surface area (Å²) in [5.74, 6) is 0. The first-order chi connectivity index (χ1) is 23.3. The van der Waals surface area contributed by atoms with Crippen LogP contribution in [0.15, 0.2) is 54.6 Å². The van der Waals surface area contributed by atoms with Crippen LogP contribution in [0, 0.1) is 15.6 Å². The van der Waals surface area contributed by atoms with Crippen molar-refractivity contribution in [2.75, 3.05) is 15.2 Å². The summed E-state index contributed by atoms with van der Waals surface area (Å²) < 4.78 is 0. The molecule has 0 fully saturated rings. The summed E-state index contributed by atoms with van der Waals surface area (Å²) in [5.41, 5.74) is 5.43. The van der Waals surface area contributed by atoms with Crippen LogP contribution in [0.4, 0.5) is 17.1 Å². The molecule has 0 heterocycles. The molecular formula is C45H69N4O3-3. The highest BCUT2D eigenvalue weighted by Crippen LogP contribution is 2.38. The molecule has 3 rings (SSSR count). The van der Waals surface area contributed by atoms with Crippen LogP contribution >= 0.6 is 0 Å². The van der Waals surface area contributed by atoms with Crippen LogP contribution in [0.3, 0.4) is 0 Å². The third-order valence-corrected chi connectivity index (χ3v) is 9.52. The number of rotatable bonds is 9. The van der Waals surface area contributed by atoms with E-state index in [0.29, 0.717) is 36.7 Å². The van der Waals surface area contributed by atoms with Gasteiger partial charge in [-0.15, -0.1) is 0 Å². The maximum atomic E-state index is 14.0. The molecule has 3 aromatic carbocycles. The van der Waals surface area contributed by atoms with E-state index in [4.69, 9.17) is 0 Å². The molecule has 0 aliphatic carbocycles. The van der Waals surface area contributed by atoms with Crippen LogP contribution < -0.4 is 15.2 Å². The van der Waals surface area contributed by atoms with Gasteiger partial charge in [0.1, 0.15) is 0 Å². The zero-order valence-corrected chi connectivity index (χ0v) is 35.8. The van der Waals surface area contributed by atoms with E-state index in [1.165, 1.54) is 0 Å². The molecule has 0 spiro atoms. The number of nitrogens with zero attached hydrogens (tertiary/aromatic N) is 4. The van der Waals surface area contributed by atoms with Crippen LogP contribution in [0.1, 0.15) is 158 Å². The van der Waals surface area contributed by atoms with Crippen LogP contribution in [0.25, 0.3) is 0 Å². The van der Waals surface area contributed by atoms with E-state index in [2.05, 4.69) is 104 Å². The first kappa shape index (κ1) is 43.3. The van der Waals surface area contributed by atoms with E-state index in [1.54, 1.807) is 0 Å². The lowest BCUT2D eigenvalue weighted by atomic mass is 9.85. The predicted octanol–water partition coefficient (Wildman–Crippen LogP) is 12.1. The number of hydrogen-bond acceptors (Lipinski definition) is 7. The molecule has 0 aliphatic rings. The Labute approximate surface area is 317 Å². The average molecular weight is 714 g/mol. The molecule has 0 bridgehead atoms.